The molecule has 1 aromatic carbocycles. The number of benzene rings is 1. The van der Waals surface area contributed by atoms with Crippen molar-refractivity contribution in [3.63, 3.8) is 0 Å². The summed E-state index contributed by atoms with van der Waals surface area (Å²) in [5, 5.41) is 11.9. The number of carbonyl (C=O) groups is 2. The van der Waals surface area contributed by atoms with Crippen LogP contribution in [-0.4, -0.2) is 26.1 Å². The number of alkyl halides is 3. The minimum absolute atomic E-state index is 0.0205. The Bertz CT molecular complexity index is 824. The van der Waals surface area contributed by atoms with Gasteiger partial charge >= 0.3 is 6.18 Å². The molecule has 0 spiro atoms. The smallest absolute Gasteiger partial charge is 0.413 e. The molecule has 184 valence electrons. The molecule has 2 atom stereocenters. The zero-order valence-electron chi connectivity index (χ0n) is 20.4. The van der Waals surface area contributed by atoms with Gasteiger partial charge < -0.3 is 9.74 Å². The van der Waals surface area contributed by atoms with Crippen LogP contribution in [0.15, 0.2) is 24.3 Å². The predicted molar refractivity (Wildman–Crippen MR) is 125 cm³/mol. The van der Waals surface area contributed by atoms with Crippen molar-refractivity contribution in [2.45, 2.75) is 90.2 Å². The SMILES string of the molecule is CC(CC(=O)C(C#N)CC(=O)Nc1ccc(C(F)(F)F)cc1)O[Si](C(C)C)(C(C)C)C(C)C. The normalized spacial score (nSPS) is 14.3. The van der Waals surface area contributed by atoms with Crippen LogP contribution in [0.1, 0.15) is 66.9 Å². The lowest BCUT2D eigenvalue weighted by atomic mass is 9.97. The Morgan fingerprint density at radius 3 is 1.85 bits per heavy atom. The largest absolute Gasteiger partial charge is 0.416 e. The molecule has 0 aliphatic heterocycles. The van der Waals surface area contributed by atoms with Gasteiger partial charge in [0.15, 0.2) is 5.78 Å². The van der Waals surface area contributed by atoms with E-state index in [4.69, 9.17) is 4.43 Å². The Kier molecular flexibility index (Phi) is 10.3. The first kappa shape index (κ1) is 28.8. The van der Waals surface area contributed by atoms with Gasteiger partial charge in [0.05, 0.1) is 11.6 Å². The lowest BCUT2D eigenvalue weighted by Crippen LogP contribution is -2.50. The van der Waals surface area contributed by atoms with Gasteiger partial charge in [-0.3, -0.25) is 9.59 Å². The molecule has 0 aliphatic rings. The summed E-state index contributed by atoms with van der Waals surface area (Å²) in [5.74, 6) is -2.15. The molecule has 0 aliphatic carbocycles. The maximum atomic E-state index is 12.7. The van der Waals surface area contributed by atoms with E-state index >= 15 is 0 Å². The fourth-order valence-electron chi connectivity index (χ4n) is 4.60. The summed E-state index contributed by atoms with van der Waals surface area (Å²) in [4.78, 5) is 25.0. The lowest BCUT2D eigenvalue weighted by Gasteiger charge is -2.44. The van der Waals surface area contributed by atoms with E-state index in [1.54, 1.807) is 0 Å². The van der Waals surface area contributed by atoms with Crippen molar-refractivity contribution in [2.75, 3.05) is 5.32 Å². The molecule has 0 fully saturated rings. The Labute approximate surface area is 195 Å². The first-order valence-electron chi connectivity index (χ1n) is 11.2. The highest BCUT2D eigenvalue weighted by atomic mass is 28.4. The van der Waals surface area contributed by atoms with E-state index in [1.165, 1.54) is 0 Å². The fraction of sp³-hybridized carbons (Fsp3) is 0.625. The minimum Gasteiger partial charge on any atom is -0.413 e. The standard InChI is InChI=1S/C24H35F3N2O3Si/c1-15(2)33(16(3)4,17(5)6)32-18(7)12-22(30)19(14-28)13-23(31)29-21-10-8-20(9-11-21)24(25,26)27/h8-11,15-19H,12-13H2,1-7H3,(H,29,31). The first-order chi connectivity index (χ1) is 15.1. The summed E-state index contributed by atoms with van der Waals surface area (Å²) in [6, 6.07) is 5.86. The van der Waals surface area contributed by atoms with E-state index in [1.807, 2.05) is 13.0 Å². The van der Waals surface area contributed by atoms with Gasteiger partial charge in [-0.05, 0) is 47.8 Å². The van der Waals surface area contributed by atoms with Crippen molar-refractivity contribution in [3.05, 3.63) is 29.8 Å². The van der Waals surface area contributed by atoms with Crippen LogP contribution in [0.5, 0.6) is 0 Å². The van der Waals surface area contributed by atoms with Gasteiger partial charge in [0.25, 0.3) is 0 Å². The number of anilines is 1. The molecule has 0 saturated heterocycles. The van der Waals surface area contributed by atoms with E-state index in [2.05, 4.69) is 46.9 Å². The van der Waals surface area contributed by atoms with Gasteiger partial charge in [0.1, 0.15) is 5.92 Å². The highest BCUT2D eigenvalue weighted by molar-refractivity contribution is 6.77. The third-order valence-corrected chi connectivity index (χ3v) is 12.3. The van der Waals surface area contributed by atoms with Gasteiger partial charge in [0.2, 0.25) is 14.2 Å². The molecule has 5 nitrogen and oxygen atoms in total. The molecule has 1 N–H and O–H groups in total. The molecule has 2 unspecified atom stereocenters. The summed E-state index contributed by atoms with van der Waals surface area (Å²) in [6.07, 6.45) is -5.21. The predicted octanol–water partition coefficient (Wildman–Crippen LogP) is 6.71. The number of halogens is 3. The van der Waals surface area contributed by atoms with Gasteiger partial charge in [-0.2, -0.15) is 18.4 Å². The highest BCUT2D eigenvalue weighted by Gasteiger charge is 2.46. The minimum atomic E-state index is -4.47. The number of amides is 1. The zero-order valence-corrected chi connectivity index (χ0v) is 21.4. The third-order valence-electron chi connectivity index (χ3n) is 6.03. The second-order valence-corrected chi connectivity index (χ2v) is 14.8. The Morgan fingerprint density at radius 2 is 1.45 bits per heavy atom. The van der Waals surface area contributed by atoms with Crippen LogP contribution in [0.3, 0.4) is 0 Å². The van der Waals surface area contributed by atoms with Crippen LogP contribution in [0, 0.1) is 17.2 Å². The van der Waals surface area contributed by atoms with E-state index in [0.717, 1.165) is 24.3 Å². The van der Waals surface area contributed by atoms with Crippen LogP contribution in [0.4, 0.5) is 18.9 Å². The van der Waals surface area contributed by atoms with Crippen LogP contribution in [0.2, 0.25) is 16.6 Å². The van der Waals surface area contributed by atoms with E-state index in [9.17, 15) is 28.0 Å². The lowest BCUT2D eigenvalue weighted by molar-refractivity contribution is -0.137. The maximum absolute atomic E-state index is 12.7. The van der Waals surface area contributed by atoms with Gasteiger partial charge in [-0.15, -0.1) is 0 Å². The average molecular weight is 485 g/mol. The van der Waals surface area contributed by atoms with Gasteiger partial charge in [-0.25, -0.2) is 0 Å². The molecule has 33 heavy (non-hydrogen) atoms. The number of rotatable bonds is 11. The van der Waals surface area contributed by atoms with E-state index in [-0.39, 0.29) is 30.4 Å². The van der Waals surface area contributed by atoms with Gasteiger partial charge in [0, 0.05) is 24.6 Å². The van der Waals surface area contributed by atoms with Crippen LogP contribution < -0.4 is 5.32 Å². The Morgan fingerprint density at radius 1 is 0.970 bits per heavy atom. The Balaban J connectivity index is 2.78. The molecule has 0 heterocycles. The number of nitriles is 1. The monoisotopic (exact) mass is 484 g/mol. The molecular formula is C24H35F3N2O3Si. The summed E-state index contributed by atoms with van der Waals surface area (Å²) < 4.78 is 44.5. The van der Waals surface area contributed by atoms with Crippen LogP contribution >= 0.6 is 0 Å². The second-order valence-electron chi connectivity index (χ2n) is 9.43. The van der Waals surface area contributed by atoms with Crippen molar-refractivity contribution in [2.24, 2.45) is 5.92 Å². The zero-order chi connectivity index (χ0) is 25.6. The highest BCUT2D eigenvalue weighted by Crippen LogP contribution is 2.43. The molecule has 0 bridgehead atoms. The van der Waals surface area contributed by atoms with Crippen molar-refractivity contribution in [1.82, 2.24) is 0 Å². The number of Topliss-reactive ketones (excluding diaryl/α,β-unsaturated/α-hetero) is 1. The second kappa shape index (κ2) is 11.8. The number of nitrogens with one attached hydrogen (secondary N) is 1. The molecule has 0 radical (unpaired) electrons. The maximum Gasteiger partial charge on any atom is 0.416 e. The number of nitrogens with zero attached hydrogens (tertiary/aromatic N) is 1. The summed E-state index contributed by atoms with van der Waals surface area (Å²) >= 11 is 0. The molecule has 1 rings (SSSR count). The number of hydrogen-bond donors (Lipinski definition) is 1. The Hall–Kier alpha value is -2.18. The first-order valence-corrected chi connectivity index (χ1v) is 13.4. The molecule has 0 saturated carbocycles. The average Bonchev–Trinajstić information content (AvgIpc) is 2.68. The summed E-state index contributed by atoms with van der Waals surface area (Å²) in [6.45, 7) is 14.7. The van der Waals surface area contributed by atoms with Gasteiger partial charge in [-0.1, -0.05) is 41.5 Å². The van der Waals surface area contributed by atoms with Crippen LogP contribution in [-0.2, 0) is 20.2 Å². The summed E-state index contributed by atoms with van der Waals surface area (Å²) in [5.41, 5.74) is 0.364. The summed E-state index contributed by atoms with van der Waals surface area (Å²) in [7, 11) is -2.20. The van der Waals surface area contributed by atoms with Crippen LogP contribution in [0.25, 0.3) is 0 Å². The van der Waals surface area contributed by atoms with Crippen molar-refractivity contribution in [1.29, 1.82) is 5.26 Å². The quantitative estimate of drug-likeness (QED) is 0.354. The molecule has 1 amide bonds. The van der Waals surface area contributed by atoms with Crippen molar-refractivity contribution < 1.29 is 27.2 Å². The molecule has 9 heteroatoms. The molecule has 1 aromatic rings. The molecular weight excluding hydrogens is 449 g/mol. The third kappa shape index (κ3) is 7.68. The van der Waals surface area contributed by atoms with Crippen molar-refractivity contribution in [3.8, 4) is 6.07 Å². The number of ketones is 1. The van der Waals surface area contributed by atoms with E-state index in [0.29, 0.717) is 16.6 Å². The van der Waals surface area contributed by atoms with E-state index < -0.39 is 31.9 Å². The molecule has 0 aromatic heterocycles. The van der Waals surface area contributed by atoms with Crippen molar-refractivity contribution >= 4 is 25.7 Å². The topological polar surface area (TPSA) is 79.2 Å². The number of carbonyl (C=O) groups excluding carboxylic acids is 2. The fourth-order valence-corrected chi connectivity index (χ4v) is 10.2. The number of hydrogen-bond acceptors (Lipinski definition) is 4.